The Kier molecular flexibility index (Phi) is 2.67. The van der Waals surface area contributed by atoms with Crippen molar-refractivity contribution in [1.82, 2.24) is 10.2 Å². The zero-order chi connectivity index (χ0) is 13.9. The predicted octanol–water partition coefficient (Wildman–Crippen LogP) is 2.56. The summed E-state index contributed by atoms with van der Waals surface area (Å²) in [4.78, 5) is 1.25. The second-order valence-electron chi connectivity index (χ2n) is 6.24. The zero-order valence-corrected chi connectivity index (χ0v) is 11.0. The molecule has 3 saturated heterocycles. The molecule has 5 heteroatoms. The molecule has 1 aromatic carbocycles. The fourth-order valence-corrected chi connectivity index (χ4v) is 4.33. The van der Waals surface area contributed by atoms with Gasteiger partial charge in [-0.25, -0.2) is 9.29 Å². The minimum atomic E-state index is -3.21. The number of benzene rings is 1. The van der Waals surface area contributed by atoms with Crippen molar-refractivity contribution in [3.63, 3.8) is 0 Å². The van der Waals surface area contributed by atoms with Crippen LogP contribution in [-0.2, 0) is 6.05 Å². The summed E-state index contributed by atoms with van der Waals surface area (Å²) in [6, 6.07) is 2.26. The number of alkyl halides is 2. The highest BCUT2D eigenvalue weighted by Crippen LogP contribution is 2.49. The van der Waals surface area contributed by atoms with E-state index < -0.39 is 17.4 Å². The summed E-state index contributed by atoms with van der Waals surface area (Å²) >= 11 is 0. The zero-order valence-electron chi connectivity index (χ0n) is 11.0. The van der Waals surface area contributed by atoms with Crippen molar-refractivity contribution in [2.75, 3.05) is 13.1 Å². The van der Waals surface area contributed by atoms with Crippen LogP contribution in [0.5, 0.6) is 0 Å². The van der Waals surface area contributed by atoms with Crippen LogP contribution in [-0.4, -0.2) is 30.1 Å². The predicted molar refractivity (Wildman–Crippen MR) is 68.8 cm³/mol. The van der Waals surface area contributed by atoms with Crippen LogP contribution in [0.3, 0.4) is 0 Å². The van der Waals surface area contributed by atoms with Gasteiger partial charge in [0.25, 0.3) is 0 Å². The molecular weight excluding hydrogens is 265 g/mol. The Morgan fingerprint density at radius 3 is 2.70 bits per heavy atom. The Labute approximate surface area is 116 Å². The van der Waals surface area contributed by atoms with Crippen LogP contribution in [0, 0.1) is 17.7 Å². The largest absolute Gasteiger partial charge is 0.334 e. The van der Waals surface area contributed by atoms with Gasteiger partial charge in [0.05, 0.1) is 5.56 Å². The average Bonchev–Trinajstić information content (AvgIpc) is 2.71. The summed E-state index contributed by atoms with van der Waals surface area (Å²) < 4.78 is 43.3. The minimum absolute atomic E-state index is 0.116. The molecule has 0 spiro atoms. The van der Waals surface area contributed by atoms with Crippen LogP contribution in [0.4, 0.5) is 13.2 Å². The number of halogens is 3. The SMILES string of the molecule is Fc1ccccc1C(F)(F)N1CC2CC3CC1C2CN3. The molecule has 4 fully saturated rings. The van der Waals surface area contributed by atoms with E-state index in [-0.39, 0.29) is 12.0 Å². The lowest BCUT2D eigenvalue weighted by Crippen LogP contribution is -2.55. The first-order chi connectivity index (χ1) is 9.57. The first-order valence-corrected chi connectivity index (χ1v) is 7.20. The molecule has 108 valence electrons. The number of hydrogen-bond acceptors (Lipinski definition) is 2. The molecule has 4 atom stereocenters. The molecule has 0 amide bonds. The summed E-state index contributed by atoms with van der Waals surface area (Å²) in [5.41, 5.74) is -0.489. The van der Waals surface area contributed by atoms with Crippen molar-refractivity contribution >= 4 is 0 Å². The summed E-state index contributed by atoms with van der Waals surface area (Å²) in [5.74, 6) is -0.197. The maximum Gasteiger partial charge on any atom is 0.334 e. The maximum atomic E-state index is 14.8. The van der Waals surface area contributed by atoms with Crippen molar-refractivity contribution < 1.29 is 13.2 Å². The minimum Gasteiger partial charge on any atom is -0.314 e. The Balaban J connectivity index is 1.69. The molecule has 5 rings (SSSR count). The quantitative estimate of drug-likeness (QED) is 0.839. The molecule has 3 heterocycles. The van der Waals surface area contributed by atoms with E-state index in [4.69, 9.17) is 0 Å². The lowest BCUT2D eigenvalue weighted by Gasteiger charge is -2.44. The second kappa shape index (κ2) is 4.21. The Morgan fingerprint density at radius 2 is 2.00 bits per heavy atom. The van der Waals surface area contributed by atoms with E-state index in [1.807, 2.05) is 0 Å². The topological polar surface area (TPSA) is 15.3 Å². The van der Waals surface area contributed by atoms with E-state index in [0.29, 0.717) is 18.5 Å². The van der Waals surface area contributed by atoms with Crippen molar-refractivity contribution in [2.24, 2.45) is 11.8 Å². The van der Waals surface area contributed by atoms with Gasteiger partial charge in [0, 0.05) is 25.2 Å². The Hall–Kier alpha value is -1.07. The van der Waals surface area contributed by atoms with E-state index in [2.05, 4.69) is 5.32 Å². The number of nitrogens with one attached hydrogen (secondary N) is 1. The third kappa shape index (κ3) is 1.66. The van der Waals surface area contributed by atoms with E-state index in [0.717, 1.165) is 25.5 Å². The lowest BCUT2D eigenvalue weighted by atomic mass is 9.73. The summed E-state index contributed by atoms with van der Waals surface area (Å²) in [6.45, 7) is 1.21. The first-order valence-electron chi connectivity index (χ1n) is 7.20. The van der Waals surface area contributed by atoms with Gasteiger partial charge in [-0.2, -0.15) is 8.78 Å². The van der Waals surface area contributed by atoms with Gasteiger partial charge in [0.2, 0.25) is 0 Å². The summed E-state index contributed by atoms with van der Waals surface area (Å²) in [5, 5.41) is 3.40. The van der Waals surface area contributed by atoms with Gasteiger partial charge < -0.3 is 5.32 Å². The highest BCUT2D eigenvalue weighted by Gasteiger charge is 2.57. The number of hydrogen-bond donors (Lipinski definition) is 1. The Morgan fingerprint density at radius 1 is 1.20 bits per heavy atom. The van der Waals surface area contributed by atoms with Crippen LogP contribution in [0.25, 0.3) is 0 Å². The first kappa shape index (κ1) is 12.7. The van der Waals surface area contributed by atoms with Gasteiger partial charge in [-0.3, -0.25) is 0 Å². The fourth-order valence-electron chi connectivity index (χ4n) is 4.33. The number of piperidine rings is 2. The normalized spacial score (nSPS) is 36.5. The standard InChI is InChI=1S/C15H17F3N2/c16-13-4-2-1-3-12(13)15(17,18)20-8-9-5-10-6-14(20)11(9)7-19-10/h1-4,9-11,14,19H,5-8H2. The van der Waals surface area contributed by atoms with Crippen molar-refractivity contribution in [2.45, 2.75) is 31.0 Å². The smallest absolute Gasteiger partial charge is 0.314 e. The average molecular weight is 282 g/mol. The number of rotatable bonds is 2. The van der Waals surface area contributed by atoms with Crippen molar-refractivity contribution in [3.05, 3.63) is 35.6 Å². The molecule has 1 saturated carbocycles. The highest BCUT2D eigenvalue weighted by molar-refractivity contribution is 5.23. The van der Waals surface area contributed by atoms with Gasteiger partial charge in [0.15, 0.2) is 0 Å². The van der Waals surface area contributed by atoms with Crippen molar-refractivity contribution in [1.29, 1.82) is 0 Å². The van der Waals surface area contributed by atoms with Gasteiger partial charge in [-0.15, -0.1) is 0 Å². The molecule has 20 heavy (non-hydrogen) atoms. The van der Waals surface area contributed by atoms with Crippen LogP contribution in [0.2, 0.25) is 0 Å². The lowest BCUT2D eigenvalue weighted by molar-refractivity contribution is -0.168. The third-order valence-corrected chi connectivity index (χ3v) is 5.25. The van der Waals surface area contributed by atoms with E-state index in [1.165, 1.54) is 23.1 Å². The molecule has 0 radical (unpaired) electrons. The molecule has 1 aliphatic carbocycles. The van der Waals surface area contributed by atoms with E-state index in [9.17, 15) is 13.2 Å². The monoisotopic (exact) mass is 282 g/mol. The highest BCUT2D eigenvalue weighted by atomic mass is 19.3. The molecule has 1 N–H and O–H groups in total. The van der Waals surface area contributed by atoms with Gasteiger partial charge in [0.1, 0.15) is 5.82 Å². The third-order valence-electron chi connectivity index (χ3n) is 5.25. The van der Waals surface area contributed by atoms with Crippen LogP contribution >= 0.6 is 0 Å². The summed E-state index contributed by atoms with van der Waals surface area (Å²) in [7, 11) is 0. The van der Waals surface area contributed by atoms with Gasteiger partial charge in [-0.1, -0.05) is 12.1 Å². The molecule has 0 aromatic heterocycles. The van der Waals surface area contributed by atoms with E-state index >= 15 is 0 Å². The van der Waals surface area contributed by atoms with Gasteiger partial charge >= 0.3 is 6.05 Å². The fraction of sp³-hybridized carbons (Fsp3) is 0.600. The van der Waals surface area contributed by atoms with Crippen molar-refractivity contribution in [3.8, 4) is 0 Å². The number of nitrogens with zero attached hydrogens (tertiary/aromatic N) is 1. The molecule has 2 nitrogen and oxygen atoms in total. The summed E-state index contributed by atoms with van der Waals surface area (Å²) in [6.07, 6.45) is 1.73. The molecule has 4 unspecified atom stereocenters. The second-order valence-corrected chi connectivity index (χ2v) is 6.24. The molecular formula is C15H17F3N2. The number of fused-ring (bicyclic) bond motifs is 1. The Bertz CT molecular complexity index is 534. The molecule has 3 aliphatic heterocycles. The van der Waals surface area contributed by atoms with E-state index in [1.54, 1.807) is 0 Å². The molecule has 4 aliphatic rings. The molecule has 1 aromatic rings. The van der Waals surface area contributed by atoms with Gasteiger partial charge in [-0.05, 0) is 36.8 Å². The van der Waals surface area contributed by atoms with Crippen LogP contribution in [0.15, 0.2) is 24.3 Å². The molecule has 4 bridgehead atoms. The van der Waals surface area contributed by atoms with Crippen LogP contribution in [0.1, 0.15) is 18.4 Å². The van der Waals surface area contributed by atoms with Crippen LogP contribution < -0.4 is 5.32 Å². The maximum absolute atomic E-state index is 14.8. The number of likely N-dealkylation sites (tertiary alicyclic amines) is 1.